The SMILES string of the molecule is O=S(=O)(c1ccc(Cl)cc1)N1CCS[C@@H]1c1ccc2c3c(cccc13)CC2. The van der Waals surface area contributed by atoms with Crippen LogP contribution in [-0.4, -0.2) is 25.0 Å². The molecule has 138 valence electrons. The molecule has 27 heavy (non-hydrogen) atoms. The minimum atomic E-state index is -3.57. The molecule has 5 rings (SSSR count). The molecule has 3 nitrogen and oxygen atoms in total. The lowest BCUT2D eigenvalue weighted by molar-refractivity contribution is 0.435. The lowest BCUT2D eigenvalue weighted by Crippen LogP contribution is -2.30. The van der Waals surface area contributed by atoms with Crippen LogP contribution in [0.3, 0.4) is 0 Å². The first kappa shape index (κ1) is 17.6. The van der Waals surface area contributed by atoms with Crippen molar-refractivity contribution in [1.82, 2.24) is 4.31 Å². The normalized spacial score (nSPS) is 19.8. The first-order valence-electron chi connectivity index (χ1n) is 8.98. The Hall–Kier alpha value is -1.53. The molecule has 0 radical (unpaired) electrons. The summed E-state index contributed by atoms with van der Waals surface area (Å²) in [7, 11) is -3.57. The smallest absolute Gasteiger partial charge is 0.207 e. The number of thioether (sulfide) groups is 1. The second-order valence-corrected chi connectivity index (χ2v) is 10.5. The van der Waals surface area contributed by atoms with Gasteiger partial charge in [-0.1, -0.05) is 41.9 Å². The maximum atomic E-state index is 13.3. The Morgan fingerprint density at radius 1 is 0.963 bits per heavy atom. The Bertz CT molecular complexity index is 1130. The van der Waals surface area contributed by atoms with Crippen LogP contribution in [0, 0.1) is 0 Å². The van der Waals surface area contributed by atoms with Gasteiger partial charge in [-0.25, -0.2) is 8.42 Å². The van der Waals surface area contributed by atoms with Gasteiger partial charge in [0, 0.05) is 17.3 Å². The Morgan fingerprint density at radius 2 is 1.70 bits per heavy atom. The van der Waals surface area contributed by atoms with Crippen LogP contribution < -0.4 is 0 Å². The van der Waals surface area contributed by atoms with Crippen molar-refractivity contribution in [3.05, 3.63) is 76.3 Å². The minimum Gasteiger partial charge on any atom is -0.207 e. The third kappa shape index (κ3) is 2.80. The van der Waals surface area contributed by atoms with E-state index in [1.54, 1.807) is 40.3 Å². The number of sulfonamides is 1. The van der Waals surface area contributed by atoms with Crippen LogP contribution in [0.2, 0.25) is 5.02 Å². The van der Waals surface area contributed by atoms with Crippen molar-refractivity contribution in [1.29, 1.82) is 0 Å². The summed E-state index contributed by atoms with van der Waals surface area (Å²) in [5, 5.41) is 2.86. The number of hydrogen-bond donors (Lipinski definition) is 0. The van der Waals surface area contributed by atoms with Crippen molar-refractivity contribution in [3.8, 4) is 0 Å². The van der Waals surface area contributed by atoms with Gasteiger partial charge in [0.2, 0.25) is 10.0 Å². The lowest BCUT2D eigenvalue weighted by Gasteiger charge is -2.25. The third-order valence-electron chi connectivity index (χ3n) is 5.45. The number of benzene rings is 3. The Labute approximate surface area is 168 Å². The largest absolute Gasteiger partial charge is 0.244 e. The van der Waals surface area contributed by atoms with E-state index in [1.807, 2.05) is 0 Å². The predicted octanol–water partition coefficient (Wildman–Crippen LogP) is 5.03. The molecule has 1 heterocycles. The molecule has 1 aliphatic carbocycles. The average molecular weight is 416 g/mol. The molecule has 1 atom stereocenters. The summed E-state index contributed by atoms with van der Waals surface area (Å²) >= 11 is 7.63. The molecule has 0 amide bonds. The van der Waals surface area contributed by atoms with E-state index < -0.39 is 10.0 Å². The van der Waals surface area contributed by atoms with E-state index in [0.717, 1.165) is 24.2 Å². The zero-order chi connectivity index (χ0) is 18.6. The first-order chi connectivity index (χ1) is 13.1. The minimum absolute atomic E-state index is 0.199. The van der Waals surface area contributed by atoms with Crippen molar-refractivity contribution in [2.75, 3.05) is 12.3 Å². The van der Waals surface area contributed by atoms with Gasteiger partial charge >= 0.3 is 0 Å². The highest BCUT2D eigenvalue weighted by Gasteiger charge is 2.38. The van der Waals surface area contributed by atoms with Gasteiger partial charge in [0.25, 0.3) is 0 Å². The second kappa shape index (κ2) is 6.52. The summed E-state index contributed by atoms with van der Waals surface area (Å²) in [6.07, 6.45) is 2.14. The Morgan fingerprint density at radius 3 is 2.48 bits per heavy atom. The molecule has 2 aliphatic rings. The fraction of sp³-hybridized carbons (Fsp3) is 0.238. The molecule has 6 heteroatoms. The van der Waals surface area contributed by atoms with Crippen LogP contribution in [0.15, 0.2) is 59.5 Å². The van der Waals surface area contributed by atoms with Gasteiger partial charge in [-0.05, 0) is 64.6 Å². The molecule has 0 spiro atoms. The van der Waals surface area contributed by atoms with E-state index >= 15 is 0 Å². The molecular formula is C21H18ClNO2S2. The zero-order valence-electron chi connectivity index (χ0n) is 14.6. The summed E-state index contributed by atoms with van der Waals surface area (Å²) in [6.45, 7) is 0.517. The first-order valence-corrected chi connectivity index (χ1v) is 11.8. The fourth-order valence-electron chi connectivity index (χ4n) is 4.17. The molecular weight excluding hydrogens is 398 g/mol. The van der Waals surface area contributed by atoms with Gasteiger partial charge < -0.3 is 0 Å². The van der Waals surface area contributed by atoms with Gasteiger partial charge in [-0.3, -0.25) is 0 Å². The predicted molar refractivity (Wildman–Crippen MR) is 112 cm³/mol. The summed E-state index contributed by atoms with van der Waals surface area (Å²) in [5.74, 6) is 0.792. The van der Waals surface area contributed by atoms with Gasteiger partial charge in [0.05, 0.1) is 10.3 Å². The lowest BCUT2D eigenvalue weighted by atomic mass is 10.00. The van der Waals surface area contributed by atoms with Crippen LogP contribution in [0.1, 0.15) is 22.1 Å². The molecule has 3 aromatic rings. The molecule has 0 aromatic heterocycles. The summed E-state index contributed by atoms with van der Waals surface area (Å²) in [6, 6.07) is 17.2. The Balaban J connectivity index is 1.62. The zero-order valence-corrected chi connectivity index (χ0v) is 16.9. The van der Waals surface area contributed by atoms with Crippen molar-refractivity contribution >= 4 is 44.2 Å². The Kier molecular flexibility index (Phi) is 4.24. The van der Waals surface area contributed by atoms with E-state index in [9.17, 15) is 8.42 Å². The van der Waals surface area contributed by atoms with Crippen molar-refractivity contribution < 1.29 is 8.42 Å². The number of halogens is 1. The summed E-state index contributed by atoms with van der Waals surface area (Å²) < 4.78 is 28.2. The van der Waals surface area contributed by atoms with Crippen LogP contribution in [0.25, 0.3) is 10.8 Å². The molecule has 0 unspecified atom stereocenters. The van der Waals surface area contributed by atoms with Crippen molar-refractivity contribution in [3.63, 3.8) is 0 Å². The molecule has 1 saturated heterocycles. The van der Waals surface area contributed by atoms with E-state index in [2.05, 4.69) is 30.3 Å². The van der Waals surface area contributed by atoms with Gasteiger partial charge in [-0.15, -0.1) is 11.8 Å². The van der Waals surface area contributed by atoms with Crippen LogP contribution in [-0.2, 0) is 22.9 Å². The molecule has 1 aliphatic heterocycles. The van der Waals surface area contributed by atoms with Crippen molar-refractivity contribution in [2.24, 2.45) is 0 Å². The van der Waals surface area contributed by atoms with E-state index in [4.69, 9.17) is 11.6 Å². The number of aryl methyl sites for hydroxylation is 2. The van der Waals surface area contributed by atoms with Crippen LogP contribution in [0.4, 0.5) is 0 Å². The number of hydrogen-bond acceptors (Lipinski definition) is 3. The monoisotopic (exact) mass is 415 g/mol. The highest BCUT2D eigenvalue weighted by atomic mass is 35.5. The molecule has 0 N–H and O–H groups in total. The standard InChI is InChI=1S/C21H18ClNO2S2/c22-16-7-9-17(10-8-16)27(24,25)23-12-13-26-21(23)19-11-6-15-5-4-14-2-1-3-18(19)20(14)15/h1-3,6-11,21H,4-5,12-13H2/t21-/m1/s1. The van der Waals surface area contributed by atoms with Gasteiger partial charge in [0.1, 0.15) is 0 Å². The molecule has 0 bridgehead atoms. The van der Waals surface area contributed by atoms with E-state index in [1.165, 1.54) is 21.9 Å². The molecule has 3 aromatic carbocycles. The van der Waals surface area contributed by atoms with Gasteiger partial charge in [0.15, 0.2) is 0 Å². The second-order valence-electron chi connectivity index (χ2n) is 6.95. The molecule has 1 fully saturated rings. The van der Waals surface area contributed by atoms with E-state index in [0.29, 0.717) is 16.5 Å². The average Bonchev–Trinajstić information content (AvgIpc) is 3.32. The van der Waals surface area contributed by atoms with Crippen LogP contribution >= 0.6 is 23.4 Å². The van der Waals surface area contributed by atoms with Crippen molar-refractivity contribution in [2.45, 2.75) is 23.1 Å². The maximum Gasteiger partial charge on any atom is 0.244 e. The number of rotatable bonds is 3. The maximum absolute atomic E-state index is 13.3. The van der Waals surface area contributed by atoms with Crippen LogP contribution in [0.5, 0.6) is 0 Å². The highest BCUT2D eigenvalue weighted by molar-refractivity contribution is 8.01. The number of nitrogens with zero attached hydrogens (tertiary/aromatic N) is 1. The molecule has 0 saturated carbocycles. The third-order valence-corrected chi connectivity index (χ3v) is 8.95. The van der Waals surface area contributed by atoms with Gasteiger partial charge in [-0.2, -0.15) is 4.31 Å². The van der Waals surface area contributed by atoms with E-state index in [-0.39, 0.29) is 5.37 Å². The summed E-state index contributed by atoms with van der Waals surface area (Å²) in [4.78, 5) is 0.297. The highest BCUT2D eigenvalue weighted by Crippen LogP contribution is 2.45. The fourth-order valence-corrected chi connectivity index (χ4v) is 7.57. The topological polar surface area (TPSA) is 37.4 Å². The quantitative estimate of drug-likeness (QED) is 0.602. The summed E-state index contributed by atoms with van der Waals surface area (Å²) in [5.41, 5.74) is 3.84.